The second-order valence-electron chi connectivity index (χ2n) is 4.62. The Bertz CT molecular complexity index is 888. The molecule has 0 bridgehead atoms. The van der Waals surface area contributed by atoms with Gasteiger partial charge >= 0.3 is 6.03 Å². The number of hydrogen-bond acceptors (Lipinski definition) is 4. The Morgan fingerprint density at radius 1 is 1.14 bits per heavy atom. The van der Waals surface area contributed by atoms with Crippen LogP contribution in [0.15, 0.2) is 42.6 Å². The van der Waals surface area contributed by atoms with E-state index >= 15 is 0 Å². The number of nitrogens with one attached hydrogen (secondary N) is 1. The van der Waals surface area contributed by atoms with Crippen LogP contribution in [0.2, 0.25) is 0 Å². The highest BCUT2D eigenvalue weighted by Crippen LogP contribution is 2.35. The van der Waals surface area contributed by atoms with Gasteiger partial charge in [0.1, 0.15) is 5.00 Å². The number of urea groups is 1. The lowest BCUT2D eigenvalue weighted by molar-refractivity contribution is 0.100. The lowest BCUT2D eigenvalue weighted by Crippen LogP contribution is -2.21. The number of anilines is 1. The third kappa shape index (κ3) is 2.61. The van der Waals surface area contributed by atoms with Crippen molar-refractivity contribution in [1.82, 2.24) is 4.98 Å². The van der Waals surface area contributed by atoms with Crippen LogP contribution in [-0.2, 0) is 0 Å². The van der Waals surface area contributed by atoms with Crippen molar-refractivity contribution < 1.29 is 9.59 Å². The summed E-state index contributed by atoms with van der Waals surface area (Å²) in [4.78, 5) is 27.7. The summed E-state index contributed by atoms with van der Waals surface area (Å²) < 4.78 is 0. The maximum Gasteiger partial charge on any atom is 0.317 e. The number of nitrogens with two attached hydrogens (primary N) is 2. The van der Waals surface area contributed by atoms with Gasteiger partial charge in [-0.1, -0.05) is 18.2 Å². The van der Waals surface area contributed by atoms with Gasteiger partial charge in [0, 0.05) is 22.0 Å². The van der Waals surface area contributed by atoms with Gasteiger partial charge in [0.05, 0.1) is 11.1 Å². The fourth-order valence-corrected chi connectivity index (χ4v) is 3.17. The van der Waals surface area contributed by atoms with Crippen LogP contribution < -0.4 is 16.8 Å². The molecule has 7 heteroatoms. The molecule has 3 amide bonds. The van der Waals surface area contributed by atoms with Gasteiger partial charge in [-0.2, -0.15) is 0 Å². The summed E-state index contributed by atoms with van der Waals surface area (Å²) in [7, 11) is 0. The molecule has 0 saturated carbocycles. The minimum Gasteiger partial charge on any atom is -0.366 e. The lowest BCUT2D eigenvalue weighted by Gasteiger charge is -2.00. The number of fused-ring (bicyclic) bond motifs is 1. The molecular weight excluding hydrogens is 300 g/mol. The van der Waals surface area contributed by atoms with E-state index in [0.717, 1.165) is 21.3 Å². The predicted octanol–water partition coefficient (Wildman–Crippen LogP) is 2.55. The quantitative estimate of drug-likeness (QED) is 0.691. The summed E-state index contributed by atoms with van der Waals surface area (Å²) >= 11 is 1.23. The molecule has 0 spiro atoms. The Morgan fingerprint density at radius 2 is 1.91 bits per heavy atom. The molecule has 0 atom stereocenters. The molecule has 6 nitrogen and oxygen atoms in total. The molecule has 3 rings (SSSR count). The average Bonchev–Trinajstić information content (AvgIpc) is 2.90. The van der Waals surface area contributed by atoms with Crippen molar-refractivity contribution in [2.45, 2.75) is 0 Å². The first-order valence-electron chi connectivity index (χ1n) is 6.40. The summed E-state index contributed by atoms with van der Waals surface area (Å²) in [6, 6.07) is 10.6. The SMILES string of the molecule is NC(=O)Nc1sc(-c2cnc3ccccc3c2)cc1C(N)=O. The number of carbonyl (C=O) groups is 2. The monoisotopic (exact) mass is 312 g/mol. The number of thiophene rings is 1. The van der Waals surface area contributed by atoms with E-state index in [1.807, 2.05) is 30.3 Å². The highest BCUT2D eigenvalue weighted by Gasteiger charge is 2.16. The number of hydrogen-bond donors (Lipinski definition) is 3. The van der Waals surface area contributed by atoms with Gasteiger partial charge in [0.15, 0.2) is 0 Å². The zero-order valence-corrected chi connectivity index (χ0v) is 12.2. The van der Waals surface area contributed by atoms with Crippen LogP contribution >= 0.6 is 11.3 Å². The molecule has 0 aliphatic rings. The van der Waals surface area contributed by atoms with E-state index in [9.17, 15) is 9.59 Å². The molecule has 0 saturated heterocycles. The van der Waals surface area contributed by atoms with Crippen LogP contribution in [0.25, 0.3) is 21.3 Å². The number of aromatic nitrogens is 1. The topological polar surface area (TPSA) is 111 Å². The fourth-order valence-electron chi connectivity index (χ4n) is 2.13. The van der Waals surface area contributed by atoms with Crippen molar-refractivity contribution in [2.75, 3.05) is 5.32 Å². The van der Waals surface area contributed by atoms with Crippen LogP contribution in [-0.4, -0.2) is 16.9 Å². The number of amides is 3. The number of pyridine rings is 1. The Kier molecular flexibility index (Phi) is 3.48. The zero-order chi connectivity index (χ0) is 15.7. The first-order chi connectivity index (χ1) is 10.5. The van der Waals surface area contributed by atoms with Crippen molar-refractivity contribution in [3.63, 3.8) is 0 Å². The van der Waals surface area contributed by atoms with E-state index in [0.29, 0.717) is 5.00 Å². The van der Waals surface area contributed by atoms with Gasteiger partial charge in [-0.15, -0.1) is 11.3 Å². The highest BCUT2D eigenvalue weighted by atomic mass is 32.1. The average molecular weight is 312 g/mol. The molecule has 0 radical (unpaired) electrons. The molecule has 22 heavy (non-hydrogen) atoms. The van der Waals surface area contributed by atoms with Crippen LogP contribution in [0.1, 0.15) is 10.4 Å². The van der Waals surface area contributed by atoms with Crippen LogP contribution in [0, 0.1) is 0 Å². The number of nitrogens with zero attached hydrogens (tertiary/aromatic N) is 1. The van der Waals surface area contributed by atoms with Crippen LogP contribution in [0.5, 0.6) is 0 Å². The Morgan fingerprint density at radius 3 is 2.64 bits per heavy atom. The first-order valence-corrected chi connectivity index (χ1v) is 7.21. The van der Waals surface area contributed by atoms with Crippen molar-refractivity contribution >= 4 is 39.2 Å². The number of benzene rings is 1. The zero-order valence-electron chi connectivity index (χ0n) is 11.4. The maximum atomic E-state index is 11.5. The Hall–Kier alpha value is -2.93. The van der Waals surface area contributed by atoms with E-state index in [4.69, 9.17) is 11.5 Å². The normalized spacial score (nSPS) is 10.5. The molecule has 3 aromatic rings. The smallest absolute Gasteiger partial charge is 0.317 e. The highest BCUT2D eigenvalue weighted by molar-refractivity contribution is 7.20. The number of para-hydroxylation sites is 1. The van der Waals surface area contributed by atoms with E-state index in [-0.39, 0.29) is 5.56 Å². The second kappa shape index (κ2) is 5.45. The number of rotatable bonds is 3. The first kappa shape index (κ1) is 14.0. The summed E-state index contributed by atoms with van der Waals surface area (Å²) in [5.74, 6) is -0.625. The Labute approximate surface area is 129 Å². The number of carbonyl (C=O) groups excluding carboxylic acids is 2. The molecule has 2 heterocycles. The third-order valence-corrected chi connectivity index (χ3v) is 4.21. The molecule has 0 unspecified atom stereocenters. The van der Waals surface area contributed by atoms with Gasteiger partial charge in [0.2, 0.25) is 0 Å². The standard InChI is InChI=1S/C15H12N4O2S/c16-13(20)10-6-12(22-14(10)19-15(17)21)9-5-8-3-1-2-4-11(8)18-7-9/h1-7H,(H2,16,20)(H3,17,19,21). The van der Waals surface area contributed by atoms with Crippen LogP contribution in [0.3, 0.4) is 0 Å². The van der Waals surface area contributed by atoms with Gasteiger partial charge in [0.25, 0.3) is 5.91 Å². The van der Waals surface area contributed by atoms with E-state index < -0.39 is 11.9 Å². The van der Waals surface area contributed by atoms with Gasteiger partial charge < -0.3 is 11.5 Å². The van der Waals surface area contributed by atoms with Gasteiger partial charge in [-0.05, 0) is 18.2 Å². The summed E-state index contributed by atoms with van der Waals surface area (Å²) in [6.45, 7) is 0. The predicted molar refractivity (Wildman–Crippen MR) is 86.8 cm³/mol. The fraction of sp³-hybridized carbons (Fsp3) is 0. The molecule has 1 aromatic carbocycles. The molecule has 5 N–H and O–H groups in total. The van der Waals surface area contributed by atoms with Gasteiger partial charge in [-0.3, -0.25) is 15.1 Å². The molecule has 2 aromatic heterocycles. The second-order valence-corrected chi connectivity index (χ2v) is 5.68. The van der Waals surface area contributed by atoms with Crippen molar-refractivity contribution in [3.05, 3.63) is 48.2 Å². The van der Waals surface area contributed by atoms with Crippen molar-refractivity contribution in [1.29, 1.82) is 0 Å². The molecule has 0 aliphatic carbocycles. The van der Waals surface area contributed by atoms with E-state index in [2.05, 4.69) is 10.3 Å². The summed E-state index contributed by atoms with van der Waals surface area (Å²) in [5, 5.41) is 3.74. The molecule has 0 aliphatic heterocycles. The Balaban J connectivity index is 2.09. The maximum absolute atomic E-state index is 11.5. The molecule has 110 valence electrons. The minimum absolute atomic E-state index is 0.229. The van der Waals surface area contributed by atoms with E-state index in [1.165, 1.54) is 11.3 Å². The van der Waals surface area contributed by atoms with Gasteiger partial charge in [-0.25, -0.2) is 4.79 Å². The molecular formula is C15H12N4O2S. The lowest BCUT2D eigenvalue weighted by atomic mass is 10.1. The minimum atomic E-state index is -0.743. The summed E-state index contributed by atoms with van der Waals surface area (Å²) in [5.41, 5.74) is 12.4. The van der Waals surface area contributed by atoms with Crippen molar-refractivity contribution in [3.8, 4) is 10.4 Å². The van der Waals surface area contributed by atoms with Crippen molar-refractivity contribution in [2.24, 2.45) is 11.5 Å². The summed E-state index contributed by atoms with van der Waals surface area (Å²) in [6.07, 6.45) is 1.72. The third-order valence-electron chi connectivity index (χ3n) is 3.11. The largest absolute Gasteiger partial charge is 0.366 e. The van der Waals surface area contributed by atoms with E-state index in [1.54, 1.807) is 12.3 Å². The molecule has 0 fully saturated rings. The number of primary amides is 2. The van der Waals surface area contributed by atoms with Crippen LogP contribution in [0.4, 0.5) is 9.80 Å².